The van der Waals surface area contributed by atoms with Gasteiger partial charge in [0, 0.05) is 19.0 Å². The second kappa shape index (κ2) is 10.1. The van der Waals surface area contributed by atoms with Crippen molar-refractivity contribution in [2.75, 3.05) is 0 Å². The van der Waals surface area contributed by atoms with Crippen LogP contribution in [0.2, 0.25) is 0 Å². The number of hydrogen-bond acceptors (Lipinski definition) is 1. The first-order chi connectivity index (χ1) is 14.7. The molecule has 0 heterocycles. The molecule has 0 spiro atoms. The minimum atomic E-state index is -0.0698. The van der Waals surface area contributed by atoms with Crippen molar-refractivity contribution in [3.05, 3.63) is 38.8 Å². The van der Waals surface area contributed by atoms with Gasteiger partial charge in [-0.25, -0.2) is 0 Å². The van der Waals surface area contributed by atoms with Crippen LogP contribution in [0.3, 0.4) is 0 Å². The number of alkyl halides is 3. The third kappa shape index (κ3) is 5.37. The fourth-order valence-corrected chi connectivity index (χ4v) is 8.87. The average Bonchev–Trinajstić information content (AvgIpc) is 2.69. The summed E-state index contributed by atoms with van der Waals surface area (Å²) >= 11 is 21.8. The van der Waals surface area contributed by atoms with Crippen molar-refractivity contribution < 1.29 is 5.11 Å². The first-order valence-electron chi connectivity index (χ1n) is 11.5. The molecule has 2 aliphatic carbocycles. The van der Waals surface area contributed by atoms with Crippen LogP contribution >= 0.6 is 75.3 Å². The van der Waals surface area contributed by atoms with Crippen molar-refractivity contribution in [1.29, 1.82) is 0 Å². The summed E-state index contributed by atoms with van der Waals surface area (Å²) in [5.74, 6) is 1.30. The molecule has 6 heteroatoms. The second-order valence-corrected chi connectivity index (χ2v) is 16.4. The van der Waals surface area contributed by atoms with Crippen LogP contribution in [0.5, 0.6) is 5.75 Å². The smallest absolute Gasteiger partial charge is 0.133 e. The first kappa shape index (κ1) is 27.6. The van der Waals surface area contributed by atoms with E-state index in [9.17, 15) is 5.11 Å². The number of phenolic OH excluding ortho intramolecular Hbond substituents is 1. The Balaban J connectivity index is 1.92. The molecule has 2 aliphatic rings. The quantitative estimate of drug-likeness (QED) is 0.229. The molecule has 0 aliphatic heterocycles. The molecule has 0 radical (unpaired) electrons. The Hall–Kier alpha value is 0.970. The number of rotatable bonds is 6. The summed E-state index contributed by atoms with van der Waals surface area (Å²) in [5.41, 5.74) is 2.66. The van der Waals surface area contributed by atoms with Gasteiger partial charge >= 0.3 is 0 Å². The molecule has 180 valence electrons. The van der Waals surface area contributed by atoms with E-state index >= 15 is 0 Å². The average molecular weight is 719 g/mol. The zero-order valence-electron chi connectivity index (χ0n) is 19.5. The van der Waals surface area contributed by atoms with E-state index in [-0.39, 0.29) is 20.5 Å². The van der Waals surface area contributed by atoms with Gasteiger partial charge in [0.15, 0.2) is 0 Å². The lowest BCUT2D eigenvalue weighted by Crippen LogP contribution is -2.55. The van der Waals surface area contributed by atoms with Crippen molar-refractivity contribution in [3.63, 3.8) is 0 Å². The maximum atomic E-state index is 10.8. The predicted molar refractivity (Wildman–Crippen MR) is 153 cm³/mol. The molecule has 6 atom stereocenters. The third-order valence-electron chi connectivity index (χ3n) is 8.50. The Labute approximate surface area is 233 Å². The molecule has 1 aromatic rings. The Morgan fingerprint density at radius 1 is 1.25 bits per heavy atom. The first-order valence-corrected chi connectivity index (χ1v) is 15.2. The van der Waals surface area contributed by atoms with E-state index in [1.165, 1.54) is 18.4 Å². The third-order valence-corrected chi connectivity index (χ3v) is 12.6. The summed E-state index contributed by atoms with van der Waals surface area (Å²) in [6, 6.07) is 3.96. The maximum Gasteiger partial charge on any atom is 0.133 e. The number of phenols is 1. The van der Waals surface area contributed by atoms with Crippen LogP contribution in [0.15, 0.2) is 33.2 Å². The monoisotopic (exact) mass is 714 g/mol. The van der Waals surface area contributed by atoms with Crippen LogP contribution in [-0.2, 0) is 6.42 Å². The zero-order valence-corrected chi connectivity index (χ0v) is 26.6. The highest BCUT2D eigenvalue weighted by molar-refractivity contribution is 9.11. The highest BCUT2D eigenvalue weighted by atomic mass is 79.9. The molecular formula is C26H35Br4ClO. The number of fused-ring (bicyclic) bond motifs is 1. The molecule has 0 aromatic heterocycles. The molecule has 0 unspecified atom stereocenters. The van der Waals surface area contributed by atoms with Gasteiger partial charge in [0.1, 0.15) is 5.75 Å². The Morgan fingerprint density at radius 3 is 2.53 bits per heavy atom. The molecular weight excluding hydrogens is 683 g/mol. The number of allylic oxidation sites excluding steroid dienone is 1. The summed E-state index contributed by atoms with van der Waals surface area (Å²) < 4.78 is 1.66. The van der Waals surface area contributed by atoms with Gasteiger partial charge in [-0.3, -0.25) is 0 Å². The number of aromatic hydroxyl groups is 1. The van der Waals surface area contributed by atoms with Crippen molar-refractivity contribution >= 4 is 75.3 Å². The van der Waals surface area contributed by atoms with E-state index in [1.807, 2.05) is 6.07 Å². The van der Waals surface area contributed by atoms with Gasteiger partial charge in [-0.05, 0) is 115 Å². The number of hydrogen-bond donors (Lipinski definition) is 1. The molecule has 32 heavy (non-hydrogen) atoms. The summed E-state index contributed by atoms with van der Waals surface area (Å²) in [6.45, 7) is 13.8. The van der Waals surface area contributed by atoms with Crippen molar-refractivity contribution in [1.82, 2.24) is 0 Å². The van der Waals surface area contributed by atoms with Crippen LogP contribution in [-0.4, -0.2) is 19.6 Å². The van der Waals surface area contributed by atoms with Crippen LogP contribution in [0.25, 0.3) is 0 Å². The molecule has 2 saturated carbocycles. The highest BCUT2D eigenvalue weighted by Crippen LogP contribution is 2.64. The van der Waals surface area contributed by atoms with Crippen LogP contribution in [0.1, 0.15) is 71.8 Å². The molecule has 3 rings (SSSR count). The van der Waals surface area contributed by atoms with Crippen LogP contribution in [0, 0.1) is 22.7 Å². The van der Waals surface area contributed by atoms with E-state index in [0.717, 1.165) is 46.6 Å². The summed E-state index contributed by atoms with van der Waals surface area (Å²) in [5, 5.41) is 10.9. The van der Waals surface area contributed by atoms with E-state index < -0.39 is 0 Å². The zero-order chi connectivity index (χ0) is 24.1. The van der Waals surface area contributed by atoms with Crippen molar-refractivity contribution in [2.24, 2.45) is 22.7 Å². The van der Waals surface area contributed by atoms with Crippen LogP contribution < -0.4 is 0 Å². The molecule has 0 amide bonds. The molecule has 1 N–H and O–H groups in total. The van der Waals surface area contributed by atoms with Crippen molar-refractivity contribution in [3.8, 4) is 5.75 Å². The Bertz CT molecular complexity index is 866. The summed E-state index contributed by atoms with van der Waals surface area (Å²) in [6.07, 6.45) is 7.51. The highest BCUT2D eigenvalue weighted by Gasteiger charge is 2.57. The van der Waals surface area contributed by atoms with E-state index in [0.29, 0.717) is 22.4 Å². The van der Waals surface area contributed by atoms with E-state index in [1.54, 1.807) is 0 Å². The van der Waals surface area contributed by atoms with Gasteiger partial charge in [-0.2, -0.15) is 0 Å². The van der Waals surface area contributed by atoms with Gasteiger partial charge in [0.05, 0.1) is 4.47 Å². The SMILES string of the molecule is C=C1CC[C@@H]2[C@@](C)(CC[C@@H](Cl)C(C)(C)Br)[C@H](Br)CC[C@@]2(C)[C@H]1Cc1cc(Br)cc(Br)c1O. The molecule has 1 aromatic carbocycles. The van der Waals surface area contributed by atoms with E-state index in [2.05, 4.69) is 104 Å². The lowest BCUT2D eigenvalue weighted by Gasteiger charge is -2.61. The second-order valence-electron chi connectivity index (χ2n) is 11.0. The number of benzene rings is 1. The van der Waals surface area contributed by atoms with Gasteiger partial charge in [0.2, 0.25) is 0 Å². The fraction of sp³-hybridized carbons (Fsp3) is 0.692. The normalized spacial score (nSPS) is 34.3. The summed E-state index contributed by atoms with van der Waals surface area (Å²) in [7, 11) is 0. The van der Waals surface area contributed by atoms with Gasteiger partial charge in [-0.15, -0.1) is 11.6 Å². The minimum Gasteiger partial charge on any atom is -0.506 e. The largest absolute Gasteiger partial charge is 0.506 e. The molecule has 0 bridgehead atoms. The van der Waals surface area contributed by atoms with Crippen molar-refractivity contribution in [2.45, 2.75) is 87.2 Å². The number of halogens is 5. The van der Waals surface area contributed by atoms with Crippen LogP contribution in [0.4, 0.5) is 0 Å². The van der Waals surface area contributed by atoms with E-state index in [4.69, 9.17) is 11.6 Å². The van der Waals surface area contributed by atoms with Gasteiger partial charge in [0.25, 0.3) is 0 Å². The predicted octanol–water partition coefficient (Wildman–Crippen LogP) is 10.2. The molecule has 2 fully saturated rings. The summed E-state index contributed by atoms with van der Waals surface area (Å²) in [4.78, 5) is 0.496. The van der Waals surface area contributed by atoms with Gasteiger partial charge in [-0.1, -0.05) is 73.8 Å². The lowest BCUT2D eigenvalue weighted by molar-refractivity contribution is -0.0602. The van der Waals surface area contributed by atoms with Gasteiger partial charge < -0.3 is 5.11 Å². The minimum absolute atomic E-state index is 0.0698. The maximum absolute atomic E-state index is 10.8. The molecule has 0 saturated heterocycles. The Kier molecular flexibility index (Phi) is 8.74. The topological polar surface area (TPSA) is 20.2 Å². The fourth-order valence-electron chi connectivity index (χ4n) is 6.44. The lowest BCUT2D eigenvalue weighted by atomic mass is 9.45. The Morgan fingerprint density at radius 2 is 1.91 bits per heavy atom. The molecule has 1 nitrogen and oxygen atoms in total. The standard InChI is InChI=1S/C26H35Br4ClO/c1-15-6-7-20-25(4,18(15)13-16-12-17(27)14-19(28)23(16)32)10-8-21(29)26(20,5)11-9-22(31)24(2,3)30/h12,14,18,20-22,32H,1,6-11,13H2,2-5H3/t18-,20-,21+,22+,25-,26+/m0/s1.